The quantitative estimate of drug-likeness (QED) is 0.798. The van der Waals surface area contributed by atoms with Crippen LogP contribution < -0.4 is 9.47 Å². The standard InChI is InChI=1S/C15H11NO4S2/c17-22(18,14-2-1-6-16-14)15-11(5-7-21-15)10-3-4-12-13(8-10)20-9-19-12/h1-8,16H,9H2. The number of H-pyrrole nitrogens is 1. The summed E-state index contributed by atoms with van der Waals surface area (Å²) in [7, 11) is -3.55. The molecule has 0 atom stereocenters. The van der Waals surface area contributed by atoms with Gasteiger partial charge in [0.2, 0.25) is 16.6 Å². The Kier molecular flexibility index (Phi) is 2.98. The molecule has 112 valence electrons. The van der Waals surface area contributed by atoms with E-state index in [1.165, 1.54) is 11.3 Å². The number of aromatic amines is 1. The number of benzene rings is 1. The highest BCUT2D eigenvalue weighted by Gasteiger charge is 2.25. The van der Waals surface area contributed by atoms with Crippen molar-refractivity contribution in [2.24, 2.45) is 0 Å². The van der Waals surface area contributed by atoms with Crippen LogP contribution in [0.1, 0.15) is 0 Å². The third-order valence-electron chi connectivity index (χ3n) is 3.42. The number of sulfone groups is 1. The van der Waals surface area contributed by atoms with Crippen molar-refractivity contribution in [3.05, 3.63) is 48.0 Å². The summed E-state index contributed by atoms with van der Waals surface area (Å²) < 4.78 is 36.4. The Balaban J connectivity index is 1.84. The molecular formula is C15H11NO4S2. The van der Waals surface area contributed by atoms with Gasteiger partial charge in [-0.15, -0.1) is 11.3 Å². The number of thiophene rings is 1. The lowest BCUT2D eigenvalue weighted by Crippen LogP contribution is -2.01. The monoisotopic (exact) mass is 333 g/mol. The summed E-state index contributed by atoms with van der Waals surface area (Å²) in [6.07, 6.45) is 1.60. The van der Waals surface area contributed by atoms with Gasteiger partial charge in [-0.1, -0.05) is 6.07 Å². The SMILES string of the molecule is O=S(=O)(c1ccc[nH]1)c1sccc1-c1ccc2c(c1)OCO2. The van der Waals surface area contributed by atoms with Crippen molar-refractivity contribution in [2.45, 2.75) is 9.24 Å². The van der Waals surface area contributed by atoms with Crippen molar-refractivity contribution >= 4 is 21.2 Å². The van der Waals surface area contributed by atoms with Crippen molar-refractivity contribution in [2.75, 3.05) is 6.79 Å². The van der Waals surface area contributed by atoms with Crippen LogP contribution in [0.2, 0.25) is 0 Å². The van der Waals surface area contributed by atoms with E-state index >= 15 is 0 Å². The van der Waals surface area contributed by atoms with Gasteiger partial charge < -0.3 is 14.5 Å². The van der Waals surface area contributed by atoms with E-state index in [1.807, 2.05) is 6.07 Å². The number of nitrogens with one attached hydrogen (secondary N) is 1. The second kappa shape index (κ2) is 4.89. The Morgan fingerprint density at radius 2 is 1.95 bits per heavy atom. The fourth-order valence-electron chi connectivity index (χ4n) is 2.36. The molecule has 4 rings (SSSR count). The van der Waals surface area contributed by atoms with Crippen LogP contribution in [0.4, 0.5) is 0 Å². The van der Waals surface area contributed by atoms with Gasteiger partial charge in [-0.25, -0.2) is 8.42 Å². The van der Waals surface area contributed by atoms with E-state index in [0.29, 0.717) is 21.3 Å². The van der Waals surface area contributed by atoms with Gasteiger partial charge in [0.1, 0.15) is 9.24 Å². The molecule has 7 heteroatoms. The van der Waals surface area contributed by atoms with Crippen LogP contribution in [0.15, 0.2) is 57.2 Å². The smallest absolute Gasteiger partial charge is 0.231 e. The van der Waals surface area contributed by atoms with Gasteiger partial charge in [0.15, 0.2) is 11.5 Å². The van der Waals surface area contributed by atoms with Crippen LogP contribution in [-0.2, 0) is 9.84 Å². The summed E-state index contributed by atoms with van der Waals surface area (Å²) in [5, 5.41) is 1.97. The van der Waals surface area contributed by atoms with E-state index < -0.39 is 9.84 Å². The molecule has 0 saturated heterocycles. The molecule has 0 spiro atoms. The summed E-state index contributed by atoms with van der Waals surface area (Å²) in [5.41, 5.74) is 1.45. The highest BCUT2D eigenvalue weighted by molar-refractivity contribution is 7.93. The minimum atomic E-state index is -3.55. The van der Waals surface area contributed by atoms with Gasteiger partial charge >= 0.3 is 0 Å². The van der Waals surface area contributed by atoms with Crippen molar-refractivity contribution in [3.63, 3.8) is 0 Å². The van der Waals surface area contributed by atoms with E-state index in [-0.39, 0.29) is 11.8 Å². The maximum absolute atomic E-state index is 12.7. The fourth-order valence-corrected chi connectivity index (χ4v) is 5.10. The molecule has 0 unspecified atom stereocenters. The Morgan fingerprint density at radius 1 is 1.09 bits per heavy atom. The third kappa shape index (κ3) is 2.01. The Hall–Kier alpha value is -2.25. The van der Waals surface area contributed by atoms with Crippen molar-refractivity contribution in [3.8, 4) is 22.6 Å². The number of rotatable bonds is 3. The molecule has 0 aliphatic carbocycles. The second-order valence-corrected chi connectivity index (χ2v) is 7.76. The zero-order chi connectivity index (χ0) is 15.2. The highest BCUT2D eigenvalue weighted by atomic mass is 32.2. The first-order valence-electron chi connectivity index (χ1n) is 6.52. The first kappa shape index (κ1) is 13.4. The van der Waals surface area contributed by atoms with Crippen LogP contribution in [0.3, 0.4) is 0 Å². The maximum atomic E-state index is 12.7. The molecule has 2 aromatic heterocycles. The average Bonchev–Trinajstić information content (AvgIpc) is 3.25. The molecule has 0 saturated carbocycles. The van der Waals surface area contributed by atoms with E-state index in [2.05, 4.69) is 4.98 Å². The molecule has 0 fully saturated rings. The molecule has 3 aromatic rings. The fraction of sp³-hybridized carbons (Fsp3) is 0.0667. The number of fused-ring (bicyclic) bond motifs is 1. The van der Waals surface area contributed by atoms with E-state index in [0.717, 1.165) is 5.56 Å². The van der Waals surface area contributed by atoms with Crippen molar-refractivity contribution < 1.29 is 17.9 Å². The Labute approximate surface area is 131 Å². The Bertz CT molecular complexity index is 926. The van der Waals surface area contributed by atoms with Crippen molar-refractivity contribution in [1.29, 1.82) is 0 Å². The van der Waals surface area contributed by atoms with Crippen molar-refractivity contribution in [1.82, 2.24) is 4.98 Å². The summed E-state index contributed by atoms with van der Waals surface area (Å²) in [6, 6.07) is 10.5. The average molecular weight is 333 g/mol. The van der Waals surface area contributed by atoms with Gasteiger partial charge in [0.05, 0.1) is 0 Å². The topological polar surface area (TPSA) is 68.4 Å². The van der Waals surface area contributed by atoms with Gasteiger partial charge in [0.25, 0.3) is 0 Å². The summed E-state index contributed by atoms with van der Waals surface area (Å²) in [5.74, 6) is 1.31. The van der Waals surface area contributed by atoms with Crippen LogP contribution in [0, 0.1) is 0 Å². The normalized spacial score (nSPS) is 13.5. The largest absolute Gasteiger partial charge is 0.454 e. The molecule has 0 amide bonds. The first-order chi connectivity index (χ1) is 10.7. The lowest BCUT2D eigenvalue weighted by molar-refractivity contribution is 0.174. The molecule has 1 aliphatic rings. The van der Waals surface area contributed by atoms with Gasteiger partial charge in [-0.05, 0) is 41.3 Å². The highest BCUT2D eigenvalue weighted by Crippen LogP contribution is 2.40. The number of hydrogen-bond donors (Lipinski definition) is 1. The minimum absolute atomic E-state index is 0.191. The van der Waals surface area contributed by atoms with E-state index in [1.54, 1.807) is 41.9 Å². The van der Waals surface area contributed by atoms with Gasteiger partial charge in [-0.3, -0.25) is 0 Å². The van der Waals surface area contributed by atoms with Gasteiger partial charge in [0, 0.05) is 11.8 Å². The minimum Gasteiger partial charge on any atom is -0.454 e. The molecule has 0 bridgehead atoms. The van der Waals surface area contributed by atoms with E-state index in [4.69, 9.17) is 9.47 Å². The molecule has 3 heterocycles. The second-order valence-electron chi connectivity index (χ2n) is 4.73. The summed E-state index contributed by atoms with van der Waals surface area (Å²) >= 11 is 1.20. The maximum Gasteiger partial charge on any atom is 0.231 e. The van der Waals surface area contributed by atoms with E-state index in [9.17, 15) is 8.42 Å². The lowest BCUT2D eigenvalue weighted by Gasteiger charge is -2.06. The van der Waals surface area contributed by atoms with Gasteiger partial charge in [-0.2, -0.15) is 0 Å². The molecule has 1 N–H and O–H groups in total. The molecule has 5 nitrogen and oxygen atoms in total. The number of aromatic nitrogens is 1. The predicted molar refractivity (Wildman–Crippen MR) is 82.1 cm³/mol. The molecule has 1 aliphatic heterocycles. The first-order valence-corrected chi connectivity index (χ1v) is 8.88. The zero-order valence-electron chi connectivity index (χ0n) is 11.3. The van der Waals surface area contributed by atoms with Crippen LogP contribution in [-0.4, -0.2) is 20.2 Å². The Morgan fingerprint density at radius 3 is 2.77 bits per heavy atom. The number of ether oxygens (including phenoxy) is 2. The third-order valence-corrected chi connectivity index (χ3v) is 6.61. The van der Waals surface area contributed by atoms with Crippen LogP contribution in [0.25, 0.3) is 11.1 Å². The predicted octanol–water partition coefficient (Wildman–Crippen LogP) is 3.30. The zero-order valence-corrected chi connectivity index (χ0v) is 12.9. The van der Waals surface area contributed by atoms with Crippen LogP contribution in [0.5, 0.6) is 11.5 Å². The molecular weight excluding hydrogens is 322 g/mol. The summed E-state index contributed by atoms with van der Waals surface area (Å²) in [6.45, 7) is 0.191. The number of hydrogen-bond acceptors (Lipinski definition) is 5. The molecule has 22 heavy (non-hydrogen) atoms. The lowest BCUT2D eigenvalue weighted by atomic mass is 10.1. The van der Waals surface area contributed by atoms with Crippen LogP contribution >= 0.6 is 11.3 Å². The molecule has 1 aromatic carbocycles. The molecule has 0 radical (unpaired) electrons. The summed E-state index contributed by atoms with van der Waals surface area (Å²) in [4.78, 5) is 2.76.